The second-order valence-corrected chi connectivity index (χ2v) is 4.62. The third-order valence-corrected chi connectivity index (χ3v) is 3.40. The fourth-order valence-corrected chi connectivity index (χ4v) is 2.27. The van der Waals surface area contributed by atoms with Crippen LogP contribution in [0.5, 0.6) is 11.5 Å². The Labute approximate surface area is 125 Å². The molecule has 0 radical (unpaired) electrons. The standard InChI is InChI=1S/C14H20N2O3.ClH/c1-10-9-15-6-7-16(10)14(17)12-5-4-11(18-2)8-13(12)19-3;/h4-5,8,10,15H,6-7,9H2,1-3H3;1H/t10-;/m1./s1. The van der Waals surface area contributed by atoms with Crippen molar-refractivity contribution in [1.29, 1.82) is 0 Å². The third kappa shape index (κ3) is 3.35. The van der Waals surface area contributed by atoms with Crippen LogP contribution in [0.2, 0.25) is 0 Å². The highest BCUT2D eigenvalue weighted by molar-refractivity contribution is 5.97. The molecule has 0 saturated carbocycles. The summed E-state index contributed by atoms with van der Waals surface area (Å²) in [5, 5.41) is 3.27. The van der Waals surface area contributed by atoms with Gasteiger partial charge in [0.1, 0.15) is 11.5 Å². The van der Waals surface area contributed by atoms with E-state index in [1.807, 2.05) is 11.8 Å². The molecule has 1 saturated heterocycles. The van der Waals surface area contributed by atoms with Crippen molar-refractivity contribution in [2.24, 2.45) is 0 Å². The molecule has 0 bridgehead atoms. The minimum absolute atomic E-state index is 0. The molecule has 1 aromatic carbocycles. The van der Waals surface area contributed by atoms with Crippen molar-refractivity contribution in [3.8, 4) is 11.5 Å². The maximum Gasteiger partial charge on any atom is 0.257 e. The van der Waals surface area contributed by atoms with Crippen molar-refractivity contribution in [1.82, 2.24) is 10.2 Å². The second-order valence-electron chi connectivity index (χ2n) is 4.62. The number of methoxy groups -OCH3 is 2. The average molecular weight is 301 g/mol. The van der Waals surface area contributed by atoms with E-state index in [2.05, 4.69) is 5.32 Å². The monoisotopic (exact) mass is 300 g/mol. The maximum absolute atomic E-state index is 12.6. The number of hydrogen-bond donors (Lipinski definition) is 1. The van der Waals surface area contributed by atoms with Crippen molar-refractivity contribution in [2.75, 3.05) is 33.9 Å². The molecule has 1 amide bonds. The third-order valence-electron chi connectivity index (χ3n) is 3.40. The maximum atomic E-state index is 12.6. The summed E-state index contributed by atoms with van der Waals surface area (Å²) in [7, 11) is 3.15. The molecule has 6 heteroatoms. The Balaban J connectivity index is 0.00000200. The molecule has 1 aliphatic rings. The van der Waals surface area contributed by atoms with Crippen LogP contribution in [0, 0.1) is 0 Å². The minimum atomic E-state index is 0. The van der Waals surface area contributed by atoms with Gasteiger partial charge in [-0.3, -0.25) is 4.79 Å². The van der Waals surface area contributed by atoms with Gasteiger partial charge in [0.2, 0.25) is 0 Å². The van der Waals surface area contributed by atoms with E-state index in [-0.39, 0.29) is 24.4 Å². The van der Waals surface area contributed by atoms with Gasteiger partial charge in [0, 0.05) is 31.7 Å². The molecular formula is C14H21ClN2O3. The lowest BCUT2D eigenvalue weighted by Crippen LogP contribution is -2.52. The highest BCUT2D eigenvalue weighted by Gasteiger charge is 2.26. The number of hydrogen-bond acceptors (Lipinski definition) is 4. The zero-order valence-corrected chi connectivity index (χ0v) is 12.8. The highest BCUT2D eigenvalue weighted by Crippen LogP contribution is 2.26. The number of ether oxygens (including phenoxy) is 2. The van der Waals surface area contributed by atoms with E-state index in [4.69, 9.17) is 9.47 Å². The molecule has 0 spiro atoms. The number of benzene rings is 1. The van der Waals surface area contributed by atoms with Crippen LogP contribution in [0.3, 0.4) is 0 Å². The largest absolute Gasteiger partial charge is 0.497 e. The van der Waals surface area contributed by atoms with Gasteiger partial charge in [-0.15, -0.1) is 12.4 Å². The predicted octanol–water partition coefficient (Wildman–Crippen LogP) is 1.56. The van der Waals surface area contributed by atoms with Gasteiger partial charge in [-0.1, -0.05) is 0 Å². The van der Waals surface area contributed by atoms with E-state index in [0.717, 1.165) is 19.6 Å². The number of amides is 1. The lowest BCUT2D eigenvalue weighted by Gasteiger charge is -2.34. The Hall–Kier alpha value is -1.46. The molecule has 1 N–H and O–H groups in total. The average Bonchev–Trinajstić information content (AvgIpc) is 2.46. The van der Waals surface area contributed by atoms with E-state index >= 15 is 0 Å². The van der Waals surface area contributed by atoms with Crippen LogP contribution >= 0.6 is 12.4 Å². The molecular weight excluding hydrogens is 280 g/mol. The molecule has 112 valence electrons. The molecule has 1 heterocycles. The topological polar surface area (TPSA) is 50.8 Å². The summed E-state index contributed by atoms with van der Waals surface area (Å²) in [5.74, 6) is 1.24. The zero-order valence-electron chi connectivity index (χ0n) is 12.0. The van der Waals surface area contributed by atoms with Crippen LogP contribution in [0.4, 0.5) is 0 Å². The molecule has 1 fully saturated rings. The molecule has 0 aliphatic carbocycles. The summed E-state index contributed by atoms with van der Waals surface area (Å²) in [6.07, 6.45) is 0. The summed E-state index contributed by atoms with van der Waals surface area (Å²) in [5.41, 5.74) is 0.581. The second kappa shape index (κ2) is 7.36. The lowest BCUT2D eigenvalue weighted by atomic mass is 10.1. The van der Waals surface area contributed by atoms with Gasteiger partial charge in [-0.05, 0) is 19.1 Å². The first-order chi connectivity index (χ1) is 9.17. The molecule has 1 atom stereocenters. The van der Waals surface area contributed by atoms with Gasteiger partial charge in [0.15, 0.2) is 0 Å². The Morgan fingerprint density at radius 1 is 1.35 bits per heavy atom. The van der Waals surface area contributed by atoms with Crippen molar-refractivity contribution >= 4 is 18.3 Å². The SMILES string of the molecule is COc1ccc(C(=O)N2CCNC[C@H]2C)c(OC)c1.Cl. The molecule has 0 aromatic heterocycles. The normalized spacial score (nSPS) is 18.1. The summed E-state index contributed by atoms with van der Waals surface area (Å²) >= 11 is 0. The minimum Gasteiger partial charge on any atom is -0.497 e. The van der Waals surface area contributed by atoms with Gasteiger partial charge in [0.05, 0.1) is 19.8 Å². The molecule has 0 unspecified atom stereocenters. The van der Waals surface area contributed by atoms with E-state index in [1.54, 1.807) is 32.4 Å². The first-order valence-corrected chi connectivity index (χ1v) is 6.41. The summed E-state index contributed by atoms with van der Waals surface area (Å²) in [4.78, 5) is 14.4. The first kappa shape index (κ1) is 16.6. The van der Waals surface area contributed by atoms with Crippen molar-refractivity contribution in [2.45, 2.75) is 13.0 Å². The van der Waals surface area contributed by atoms with Gasteiger partial charge < -0.3 is 19.7 Å². The zero-order chi connectivity index (χ0) is 13.8. The lowest BCUT2D eigenvalue weighted by molar-refractivity contribution is 0.0652. The van der Waals surface area contributed by atoms with E-state index in [1.165, 1.54) is 0 Å². The van der Waals surface area contributed by atoms with Gasteiger partial charge in [-0.25, -0.2) is 0 Å². The van der Waals surface area contributed by atoms with Gasteiger partial charge >= 0.3 is 0 Å². The summed E-state index contributed by atoms with van der Waals surface area (Å²) in [6, 6.07) is 5.46. The van der Waals surface area contributed by atoms with Crippen LogP contribution in [0.15, 0.2) is 18.2 Å². The van der Waals surface area contributed by atoms with Crippen molar-refractivity contribution in [3.63, 3.8) is 0 Å². The van der Waals surface area contributed by atoms with Crippen molar-refractivity contribution in [3.05, 3.63) is 23.8 Å². The highest BCUT2D eigenvalue weighted by atomic mass is 35.5. The number of nitrogens with zero attached hydrogens (tertiary/aromatic N) is 1. The van der Waals surface area contributed by atoms with E-state index in [9.17, 15) is 4.79 Å². The summed E-state index contributed by atoms with van der Waals surface area (Å²) < 4.78 is 10.4. The Morgan fingerprint density at radius 3 is 2.70 bits per heavy atom. The first-order valence-electron chi connectivity index (χ1n) is 6.41. The van der Waals surface area contributed by atoms with Crippen molar-refractivity contribution < 1.29 is 14.3 Å². The summed E-state index contributed by atoms with van der Waals surface area (Å²) in [6.45, 7) is 4.41. The number of carbonyl (C=O) groups excluding carboxylic acids is 1. The molecule has 5 nitrogen and oxygen atoms in total. The van der Waals surface area contributed by atoms with Gasteiger partial charge in [0.25, 0.3) is 5.91 Å². The Kier molecular flexibility index (Phi) is 6.10. The van der Waals surface area contributed by atoms with E-state index < -0.39 is 0 Å². The van der Waals surface area contributed by atoms with E-state index in [0.29, 0.717) is 17.1 Å². The number of piperazine rings is 1. The predicted molar refractivity (Wildman–Crippen MR) is 80.2 cm³/mol. The quantitative estimate of drug-likeness (QED) is 0.920. The van der Waals surface area contributed by atoms with Crippen LogP contribution in [0.1, 0.15) is 17.3 Å². The molecule has 20 heavy (non-hydrogen) atoms. The molecule has 1 aliphatic heterocycles. The molecule has 2 rings (SSSR count). The smallest absolute Gasteiger partial charge is 0.257 e. The van der Waals surface area contributed by atoms with Crippen LogP contribution in [0.25, 0.3) is 0 Å². The fourth-order valence-electron chi connectivity index (χ4n) is 2.27. The fraction of sp³-hybridized carbons (Fsp3) is 0.500. The van der Waals surface area contributed by atoms with Gasteiger partial charge in [-0.2, -0.15) is 0 Å². The molecule has 1 aromatic rings. The number of rotatable bonds is 3. The van der Waals surface area contributed by atoms with Crippen LogP contribution in [-0.4, -0.2) is 50.7 Å². The Bertz CT molecular complexity index is 468. The van der Waals surface area contributed by atoms with Crippen LogP contribution < -0.4 is 14.8 Å². The number of carbonyl (C=O) groups is 1. The van der Waals surface area contributed by atoms with Crippen LogP contribution in [-0.2, 0) is 0 Å². The Morgan fingerprint density at radius 2 is 2.10 bits per heavy atom. The number of nitrogens with one attached hydrogen (secondary N) is 1. The number of halogens is 1.